The minimum absolute atomic E-state index is 0.0730. The Hall–Kier alpha value is -3.33. The molecule has 166 valence electrons. The fraction of sp³-hybridized carbons (Fsp3) is 0.409. The highest BCUT2D eigenvalue weighted by molar-refractivity contribution is 5.79. The van der Waals surface area contributed by atoms with E-state index in [0.29, 0.717) is 32.3 Å². The number of nitrogens with zero attached hydrogens (tertiary/aromatic N) is 2. The van der Waals surface area contributed by atoms with E-state index < -0.39 is 4.92 Å². The second-order valence-corrected chi connectivity index (χ2v) is 6.93. The zero-order valence-corrected chi connectivity index (χ0v) is 17.6. The lowest BCUT2D eigenvalue weighted by Gasteiger charge is -2.13. The summed E-state index contributed by atoms with van der Waals surface area (Å²) in [5.74, 6) is 2.24. The molecular weight excluding hydrogens is 400 g/mol. The summed E-state index contributed by atoms with van der Waals surface area (Å²) in [7, 11) is 0. The van der Waals surface area contributed by atoms with Crippen LogP contribution in [0.4, 0.5) is 5.69 Å². The Morgan fingerprint density at radius 2 is 1.84 bits per heavy atom. The summed E-state index contributed by atoms with van der Waals surface area (Å²) in [5.41, 5.74) is 2.11. The van der Waals surface area contributed by atoms with Crippen molar-refractivity contribution in [1.29, 1.82) is 0 Å². The molecule has 0 unspecified atom stereocenters. The predicted octanol–water partition coefficient (Wildman–Crippen LogP) is 3.03. The zero-order valence-electron chi connectivity index (χ0n) is 17.6. The first-order valence-electron chi connectivity index (χ1n) is 10.4. The van der Waals surface area contributed by atoms with Gasteiger partial charge in [0.05, 0.1) is 11.5 Å². The lowest BCUT2D eigenvalue weighted by atomic mass is 10.1. The average Bonchev–Trinajstić information content (AvgIpc) is 3.25. The van der Waals surface area contributed by atoms with Crippen LogP contribution in [-0.4, -0.2) is 44.0 Å². The molecule has 0 aliphatic carbocycles. The molecule has 1 heterocycles. The normalized spacial score (nSPS) is 12.6. The van der Waals surface area contributed by atoms with Crippen LogP contribution in [0.5, 0.6) is 11.5 Å². The number of aliphatic imine (C=N–C) groups is 1. The van der Waals surface area contributed by atoms with Gasteiger partial charge in [-0.1, -0.05) is 18.2 Å². The number of non-ortho nitro benzene ring substituents is 1. The fourth-order valence-electron chi connectivity index (χ4n) is 3.01. The van der Waals surface area contributed by atoms with Gasteiger partial charge in [0, 0.05) is 38.4 Å². The third-order valence-electron chi connectivity index (χ3n) is 4.67. The maximum absolute atomic E-state index is 10.8. The van der Waals surface area contributed by atoms with Crippen molar-refractivity contribution in [1.82, 2.24) is 10.6 Å². The Bertz CT molecular complexity index is 886. The van der Waals surface area contributed by atoms with Gasteiger partial charge in [-0.25, -0.2) is 4.99 Å². The quantitative estimate of drug-likeness (QED) is 0.186. The molecule has 1 aliphatic rings. The van der Waals surface area contributed by atoms with E-state index in [0.717, 1.165) is 42.0 Å². The summed E-state index contributed by atoms with van der Waals surface area (Å²) in [5, 5.41) is 17.5. The van der Waals surface area contributed by atoms with Gasteiger partial charge in [-0.15, -0.1) is 0 Å². The minimum Gasteiger partial charge on any atom is -0.454 e. The Morgan fingerprint density at radius 3 is 2.61 bits per heavy atom. The minimum atomic E-state index is -0.407. The molecule has 0 amide bonds. The van der Waals surface area contributed by atoms with Crippen LogP contribution in [0, 0.1) is 10.1 Å². The van der Waals surface area contributed by atoms with Gasteiger partial charge in [0.1, 0.15) is 0 Å². The van der Waals surface area contributed by atoms with Gasteiger partial charge in [-0.05, 0) is 43.0 Å². The molecule has 0 atom stereocenters. The first kappa shape index (κ1) is 22.4. The Balaban J connectivity index is 1.54. The molecule has 9 nitrogen and oxygen atoms in total. The second kappa shape index (κ2) is 11.8. The standard InChI is InChI=1S/C22H28N4O5/c1-2-29-13-3-11-23-22(25-15-18-4-7-19(8-5-18)26(27)28)24-12-10-17-6-9-20-21(14-17)31-16-30-20/h4-9,14H,2-3,10-13,15-16H2,1H3,(H2,23,24,25). The van der Waals surface area contributed by atoms with Crippen LogP contribution in [-0.2, 0) is 17.7 Å². The van der Waals surface area contributed by atoms with Crippen LogP contribution >= 0.6 is 0 Å². The van der Waals surface area contributed by atoms with Gasteiger partial charge < -0.3 is 24.8 Å². The van der Waals surface area contributed by atoms with Gasteiger partial charge in [0.25, 0.3) is 5.69 Å². The molecule has 0 fully saturated rings. The number of nitro benzene ring substituents is 1. The Kier molecular flexibility index (Phi) is 8.48. The third-order valence-corrected chi connectivity index (χ3v) is 4.67. The van der Waals surface area contributed by atoms with E-state index in [2.05, 4.69) is 15.6 Å². The third kappa shape index (κ3) is 7.14. The Morgan fingerprint density at radius 1 is 1.10 bits per heavy atom. The number of benzene rings is 2. The van der Waals surface area contributed by atoms with Crippen molar-refractivity contribution in [3.8, 4) is 11.5 Å². The van der Waals surface area contributed by atoms with Gasteiger partial charge in [0.15, 0.2) is 17.5 Å². The zero-order chi connectivity index (χ0) is 21.9. The van der Waals surface area contributed by atoms with Crippen molar-refractivity contribution in [3.63, 3.8) is 0 Å². The van der Waals surface area contributed by atoms with Crippen LogP contribution in [0.1, 0.15) is 24.5 Å². The predicted molar refractivity (Wildman–Crippen MR) is 118 cm³/mol. The van der Waals surface area contributed by atoms with E-state index in [1.807, 2.05) is 25.1 Å². The first-order valence-corrected chi connectivity index (χ1v) is 10.4. The number of rotatable bonds is 11. The summed E-state index contributed by atoms with van der Waals surface area (Å²) >= 11 is 0. The molecule has 0 saturated heterocycles. The molecule has 1 aliphatic heterocycles. The number of ether oxygens (including phenoxy) is 3. The van der Waals surface area contributed by atoms with E-state index in [4.69, 9.17) is 14.2 Å². The number of hydrogen-bond acceptors (Lipinski definition) is 6. The summed E-state index contributed by atoms with van der Waals surface area (Å²) in [6, 6.07) is 12.4. The van der Waals surface area contributed by atoms with Crippen LogP contribution in [0.2, 0.25) is 0 Å². The molecule has 2 aromatic carbocycles. The van der Waals surface area contributed by atoms with Crippen molar-refractivity contribution in [3.05, 3.63) is 63.7 Å². The molecule has 31 heavy (non-hydrogen) atoms. The van der Waals surface area contributed by atoms with Crippen molar-refractivity contribution < 1.29 is 19.1 Å². The second-order valence-electron chi connectivity index (χ2n) is 6.93. The molecular formula is C22H28N4O5. The van der Waals surface area contributed by atoms with E-state index in [9.17, 15) is 10.1 Å². The van der Waals surface area contributed by atoms with E-state index in [-0.39, 0.29) is 12.5 Å². The number of hydrogen-bond donors (Lipinski definition) is 2. The van der Waals surface area contributed by atoms with Crippen molar-refractivity contribution in [2.45, 2.75) is 26.3 Å². The van der Waals surface area contributed by atoms with Crippen LogP contribution in [0.15, 0.2) is 47.5 Å². The number of guanidine groups is 1. The van der Waals surface area contributed by atoms with Gasteiger partial charge in [-0.2, -0.15) is 0 Å². The lowest BCUT2D eigenvalue weighted by molar-refractivity contribution is -0.384. The number of nitrogens with one attached hydrogen (secondary N) is 2. The average molecular weight is 428 g/mol. The molecule has 2 N–H and O–H groups in total. The molecule has 0 saturated carbocycles. The highest BCUT2D eigenvalue weighted by Gasteiger charge is 2.13. The largest absolute Gasteiger partial charge is 0.454 e. The molecule has 9 heteroatoms. The first-order chi connectivity index (χ1) is 15.2. The molecule has 0 aromatic heterocycles. The maximum Gasteiger partial charge on any atom is 0.269 e. The van der Waals surface area contributed by atoms with Crippen molar-refractivity contribution >= 4 is 11.6 Å². The summed E-state index contributed by atoms with van der Waals surface area (Å²) < 4.78 is 16.2. The van der Waals surface area contributed by atoms with Crippen LogP contribution in [0.3, 0.4) is 0 Å². The molecule has 0 spiro atoms. The number of fused-ring (bicyclic) bond motifs is 1. The molecule has 2 aromatic rings. The lowest BCUT2D eigenvalue weighted by Crippen LogP contribution is -2.39. The smallest absolute Gasteiger partial charge is 0.269 e. The van der Waals surface area contributed by atoms with Gasteiger partial charge in [-0.3, -0.25) is 10.1 Å². The highest BCUT2D eigenvalue weighted by Crippen LogP contribution is 2.32. The maximum atomic E-state index is 10.8. The SMILES string of the molecule is CCOCCCNC(=NCc1ccc([N+](=O)[O-])cc1)NCCc1ccc2c(c1)OCO2. The van der Waals surface area contributed by atoms with Crippen molar-refractivity contribution in [2.75, 3.05) is 33.1 Å². The van der Waals surface area contributed by atoms with Crippen molar-refractivity contribution in [2.24, 2.45) is 4.99 Å². The van der Waals surface area contributed by atoms with E-state index in [1.165, 1.54) is 12.1 Å². The van der Waals surface area contributed by atoms with Gasteiger partial charge in [0.2, 0.25) is 6.79 Å². The van der Waals surface area contributed by atoms with E-state index in [1.54, 1.807) is 12.1 Å². The summed E-state index contributed by atoms with van der Waals surface area (Å²) in [4.78, 5) is 15.0. The van der Waals surface area contributed by atoms with Crippen LogP contribution in [0.25, 0.3) is 0 Å². The topological polar surface area (TPSA) is 107 Å². The number of nitro groups is 1. The van der Waals surface area contributed by atoms with Crippen LogP contribution < -0.4 is 20.1 Å². The fourth-order valence-corrected chi connectivity index (χ4v) is 3.01. The monoisotopic (exact) mass is 428 g/mol. The highest BCUT2D eigenvalue weighted by atomic mass is 16.7. The summed E-state index contributed by atoms with van der Waals surface area (Å²) in [6.45, 7) is 5.48. The molecule has 0 radical (unpaired) electrons. The van der Waals surface area contributed by atoms with E-state index >= 15 is 0 Å². The molecule has 0 bridgehead atoms. The Labute approximate surface area is 181 Å². The van der Waals surface area contributed by atoms with Gasteiger partial charge >= 0.3 is 0 Å². The molecule has 3 rings (SSSR count). The summed E-state index contributed by atoms with van der Waals surface area (Å²) in [6.07, 6.45) is 1.67.